The molecule has 1 aliphatic carbocycles. The molecule has 0 aliphatic heterocycles. The number of benzene rings is 1. The Morgan fingerprint density at radius 2 is 2.09 bits per heavy atom. The van der Waals surface area contributed by atoms with Crippen LogP contribution in [0, 0.1) is 0 Å². The van der Waals surface area contributed by atoms with Crippen LogP contribution in [0.2, 0.25) is 0 Å². The Hall–Kier alpha value is -2.14. The minimum Gasteiger partial charge on any atom is -0.496 e. The number of nitrogens with zero attached hydrogens (tertiary/aromatic N) is 2. The normalized spacial score (nSPS) is 17.4. The molecular weight excluding hydrogens is 290 g/mol. The van der Waals surface area contributed by atoms with Crippen molar-refractivity contribution in [3.8, 4) is 5.75 Å². The topological polar surface area (TPSA) is 74.2 Å². The van der Waals surface area contributed by atoms with Crippen LogP contribution in [0.1, 0.15) is 49.9 Å². The lowest BCUT2D eigenvalue weighted by atomic mass is 9.99. The zero-order valence-electron chi connectivity index (χ0n) is 13.7. The van der Waals surface area contributed by atoms with Crippen LogP contribution in [-0.4, -0.2) is 17.3 Å². The highest BCUT2D eigenvalue weighted by Crippen LogP contribution is 2.34. The molecule has 0 radical (unpaired) electrons. The Bertz CT molecular complexity index is 700. The molecule has 0 bridgehead atoms. The molecule has 0 unspecified atom stereocenters. The summed E-state index contributed by atoms with van der Waals surface area (Å²) < 4.78 is 10.7. The van der Waals surface area contributed by atoms with Crippen molar-refractivity contribution in [1.82, 2.24) is 10.1 Å². The van der Waals surface area contributed by atoms with Crippen LogP contribution in [0.25, 0.3) is 6.08 Å². The van der Waals surface area contributed by atoms with Crippen molar-refractivity contribution < 1.29 is 9.26 Å². The monoisotopic (exact) mass is 313 g/mol. The Kier molecular flexibility index (Phi) is 4.48. The Labute approximate surface area is 136 Å². The summed E-state index contributed by atoms with van der Waals surface area (Å²) >= 11 is 0. The van der Waals surface area contributed by atoms with E-state index in [1.54, 1.807) is 7.11 Å². The zero-order valence-corrected chi connectivity index (χ0v) is 13.7. The average molecular weight is 313 g/mol. The largest absolute Gasteiger partial charge is 0.496 e. The zero-order chi connectivity index (χ0) is 16.3. The number of hydrogen-bond donors (Lipinski definition) is 1. The molecular formula is C18H23N3O2. The van der Waals surface area contributed by atoms with Crippen LogP contribution in [0.5, 0.6) is 5.75 Å². The van der Waals surface area contributed by atoms with Crippen molar-refractivity contribution in [1.29, 1.82) is 0 Å². The number of methoxy groups -OCH3 is 1. The summed E-state index contributed by atoms with van der Waals surface area (Å²) in [7, 11) is 1.68. The first kappa shape index (κ1) is 15.7. The van der Waals surface area contributed by atoms with Crippen molar-refractivity contribution in [3.63, 3.8) is 0 Å². The standard InChI is InChI=1S/C18H23N3O2/c1-13(11-14-7-3-4-8-15(14)22-2)12-16-20-17(21-23-16)18(19)9-5-6-10-18/h3-4,7-8,12H,5-6,9-11,19H2,1-2H3/b13-12+. The number of nitrogens with two attached hydrogens (primary N) is 1. The first-order valence-electron chi connectivity index (χ1n) is 8.03. The second kappa shape index (κ2) is 6.54. The van der Waals surface area contributed by atoms with Gasteiger partial charge < -0.3 is 15.0 Å². The molecule has 1 fully saturated rings. The molecule has 1 saturated carbocycles. The van der Waals surface area contributed by atoms with E-state index in [-0.39, 0.29) is 0 Å². The van der Waals surface area contributed by atoms with E-state index in [4.69, 9.17) is 15.0 Å². The first-order chi connectivity index (χ1) is 11.1. The van der Waals surface area contributed by atoms with Gasteiger partial charge >= 0.3 is 0 Å². The minimum absolute atomic E-state index is 0.411. The Morgan fingerprint density at radius 1 is 1.35 bits per heavy atom. The highest BCUT2D eigenvalue weighted by atomic mass is 16.5. The highest BCUT2D eigenvalue weighted by Gasteiger charge is 2.35. The van der Waals surface area contributed by atoms with E-state index < -0.39 is 5.54 Å². The molecule has 1 aromatic carbocycles. The Balaban J connectivity index is 1.75. The molecule has 122 valence electrons. The summed E-state index contributed by atoms with van der Waals surface area (Å²) in [6.45, 7) is 2.05. The lowest BCUT2D eigenvalue weighted by molar-refractivity contribution is 0.364. The second-order valence-corrected chi connectivity index (χ2v) is 6.30. The number of ether oxygens (including phenoxy) is 1. The fraction of sp³-hybridized carbons (Fsp3) is 0.444. The smallest absolute Gasteiger partial charge is 0.250 e. The SMILES string of the molecule is COc1ccccc1C/C(C)=C/c1nc(C2(N)CCCC2)no1. The molecule has 1 heterocycles. The summed E-state index contributed by atoms with van der Waals surface area (Å²) in [5.74, 6) is 2.04. The quantitative estimate of drug-likeness (QED) is 0.915. The van der Waals surface area contributed by atoms with Crippen LogP contribution < -0.4 is 10.5 Å². The van der Waals surface area contributed by atoms with Crippen LogP contribution in [0.3, 0.4) is 0 Å². The van der Waals surface area contributed by atoms with Crippen molar-refractivity contribution in [2.24, 2.45) is 5.73 Å². The van der Waals surface area contributed by atoms with E-state index in [0.29, 0.717) is 11.7 Å². The Morgan fingerprint density at radius 3 is 2.83 bits per heavy atom. The van der Waals surface area contributed by atoms with Gasteiger partial charge in [-0.1, -0.05) is 41.8 Å². The van der Waals surface area contributed by atoms with Crippen molar-refractivity contribution in [2.45, 2.75) is 44.6 Å². The third-order valence-corrected chi connectivity index (χ3v) is 4.41. The number of para-hydroxylation sites is 1. The van der Waals surface area contributed by atoms with Gasteiger partial charge in [-0.2, -0.15) is 4.98 Å². The molecule has 23 heavy (non-hydrogen) atoms. The lowest BCUT2D eigenvalue weighted by Gasteiger charge is -2.17. The van der Waals surface area contributed by atoms with Gasteiger partial charge in [0, 0.05) is 6.08 Å². The molecule has 3 rings (SSSR count). The first-order valence-corrected chi connectivity index (χ1v) is 8.03. The molecule has 2 aromatic rings. The molecule has 0 spiro atoms. The maximum absolute atomic E-state index is 6.36. The van der Waals surface area contributed by atoms with Crippen LogP contribution in [0.4, 0.5) is 0 Å². The molecule has 0 amide bonds. The third kappa shape index (κ3) is 3.45. The number of aromatic nitrogens is 2. The molecule has 1 aromatic heterocycles. The van der Waals surface area contributed by atoms with E-state index in [2.05, 4.69) is 16.2 Å². The van der Waals surface area contributed by atoms with E-state index >= 15 is 0 Å². The van der Waals surface area contributed by atoms with Crippen LogP contribution in [0.15, 0.2) is 34.4 Å². The van der Waals surface area contributed by atoms with Gasteiger partial charge in [0.05, 0.1) is 12.6 Å². The number of rotatable bonds is 5. The van der Waals surface area contributed by atoms with Gasteiger partial charge in [0.25, 0.3) is 5.89 Å². The van der Waals surface area contributed by atoms with Gasteiger partial charge in [-0.25, -0.2) is 0 Å². The van der Waals surface area contributed by atoms with Crippen LogP contribution >= 0.6 is 0 Å². The van der Waals surface area contributed by atoms with E-state index in [0.717, 1.165) is 49.0 Å². The minimum atomic E-state index is -0.411. The molecule has 5 nitrogen and oxygen atoms in total. The summed E-state index contributed by atoms with van der Waals surface area (Å²) in [6.07, 6.45) is 6.80. The summed E-state index contributed by atoms with van der Waals surface area (Å²) in [5, 5.41) is 4.08. The predicted molar refractivity (Wildman–Crippen MR) is 89.0 cm³/mol. The molecule has 0 saturated heterocycles. The summed E-state index contributed by atoms with van der Waals surface area (Å²) in [6, 6.07) is 8.00. The van der Waals surface area contributed by atoms with E-state index in [1.807, 2.05) is 31.2 Å². The maximum atomic E-state index is 6.36. The number of allylic oxidation sites excluding steroid dienone is 1. The van der Waals surface area contributed by atoms with Gasteiger partial charge in [0.2, 0.25) is 0 Å². The van der Waals surface area contributed by atoms with Gasteiger partial charge in [-0.15, -0.1) is 0 Å². The maximum Gasteiger partial charge on any atom is 0.250 e. The average Bonchev–Trinajstić information content (AvgIpc) is 3.18. The lowest BCUT2D eigenvalue weighted by Crippen LogP contribution is -2.34. The van der Waals surface area contributed by atoms with Gasteiger partial charge in [-0.3, -0.25) is 0 Å². The second-order valence-electron chi connectivity index (χ2n) is 6.30. The molecule has 5 heteroatoms. The molecule has 2 N–H and O–H groups in total. The fourth-order valence-electron chi connectivity index (χ4n) is 3.14. The van der Waals surface area contributed by atoms with Crippen molar-refractivity contribution in [2.75, 3.05) is 7.11 Å². The van der Waals surface area contributed by atoms with Gasteiger partial charge in [-0.05, 0) is 37.8 Å². The van der Waals surface area contributed by atoms with E-state index in [1.165, 1.54) is 0 Å². The molecule has 0 atom stereocenters. The third-order valence-electron chi connectivity index (χ3n) is 4.41. The van der Waals surface area contributed by atoms with Crippen molar-refractivity contribution in [3.05, 3.63) is 47.1 Å². The summed E-state index contributed by atoms with van der Waals surface area (Å²) in [5.41, 5.74) is 8.21. The number of hydrogen-bond acceptors (Lipinski definition) is 5. The van der Waals surface area contributed by atoms with Gasteiger partial charge in [0.15, 0.2) is 5.82 Å². The molecule has 1 aliphatic rings. The fourth-order valence-corrected chi connectivity index (χ4v) is 3.14. The van der Waals surface area contributed by atoms with Gasteiger partial charge in [0.1, 0.15) is 5.75 Å². The highest BCUT2D eigenvalue weighted by molar-refractivity contribution is 5.46. The summed E-state index contributed by atoms with van der Waals surface area (Å²) in [4.78, 5) is 4.48. The van der Waals surface area contributed by atoms with Crippen molar-refractivity contribution >= 4 is 6.08 Å². The predicted octanol–water partition coefficient (Wildman–Crippen LogP) is 3.45. The van der Waals surface area contributed by atoms with E-state index in [9.17, 15) is 0 Å². The van der Waals surface area contributed by atoms with Crippen LogP contribution in [-0.2, 0) is 12.0 Å².